The minimum atomic E-state index is 0.400. The van der Waals surface area contributed by atoms with Crippen LogP contribution >= 0.6 is 35.0 Å². The third kappa shape index (κ3) is 2.92. The van der Waals surface area contributed by atoms with E-state index in [1.807, 2.05) is 34.9 Å². The van der Waals surface area contributed by atoms with Crippen LogP contribution in [-0.4, -0.2) is 14.8 Å². The first-order valence-electron chi connectivity index (χ1n) is 6.93. The molecule has 1 aliphatic rings. The van der Waals surface area contributed by atoms with Crippen molar-refractivity contribution in [2.24, 2.45) is 0 Å². The van der Waals surface area contributed by atoms with Crippen LogP contribution in [0, 0.1) is 0 Å². The van der Waals surface area contributed by atoms with Gasteiger partial charge in [0.1, 0.15) is 24.5 Å². The Kier molecular flexibility index (Phi) is 3.93. The van der Waals surface area contributed by atoms with Crippen LogP contribution in [0.5, 0.6) is 5.75 Å². The fraction of sp³-hybridized carbons (Fsp3) is 0.125. The summed E-state index contributed by atoms with van der Waals surface area (Å²) >= 11 is 13.8. The lowest BCUT2D eigenvalue weighted by Crippen LogP contribution is -2.06. The molecule has 2 heterocycles. The van der Waals surface area contributed by atoms with Gasteiger partial charge in [-0.1, -0.05) is 29.3 Å². The molecule has 23 heavy (non-hydrogen) atoms. The largest absolute Gasteiger partial charge is 0.489 e. The van der Waals surface area contributed by atoms with Gasteiger partial charge < -0.3 is 4.74 Å². The van der Waals surface area contributed by atoms with Crippen molar-refractivity contribution in [3.8, 4) is 11.4 Å². The van der Waals surface area contributed by atoms with Gasteiger partial charge in [-0.25, -0.2) is 0 Å². The Morgan fingerprint density at radius 1 is 1.17 bits per heavy atom. The average Bonchev–Trinajstić information content (AvgIpc) is 3.02. The second-order valence-electron chi connectivity index (χ2n) is 5.06. The van der Waals surface area contributed by atoms with Crippen LogP contribution in [0.15, 0.2) is 47.6 Å². The lowest BCUT2D eigenvalue weighted by molar-refractivity contribution is 0.305. The topological polar surface area (TPSA) is 39.9 Å². The second kappa shape index (κ2) is 6.07. The molecule has 4 nitrogen and oxygen atoms in total. The Morgan fingerprint density at radius 2 is 2.09 bits per heavy atom. The number of thioether (sulfide) groups is 1. The van der Waals surface area contributed by atoms with Crippen molar-refractivity contribution >= 4 is 35.0 Å². The summed E-state index contributed by atoms with van der Waals surface area (Å²) in [7, 11) is 0. The molecular weight excluding hydrogens is 353 g/mol. The monoisotopic (exact) mass is 363 g/mol. The van der Waals surface area contributed by atoms with Crippen molar-refractivity contribution < 1.29 is 4.74 Å². The van der Waals surface area contributed by atoms with Gasteiger partial charge in [-0.15, -0.1) is 22.0 Å². The number of benzene rings is 2. The molecule has 0 saturated carbocycles. The van der Waals surface area contributed by atoms with Crippen LogP contribution < -0.4 is 4.74 Å². The Morgan fingerprint density at radius 3 is 2.96 bits per heavy atom. The van der Waals surface area contributed by atoms with E-state index in [9.17, 15) is 0 Å². The highest BCUT2D eigenvalue weighted by atomic mass is 35.5. The summed E-state index contributed by atoms with van der Waals surface area (Å²) in [5.74, 6) is 2.57. The molecule has 0 saturated heterocycles. The predicted octanol–water partition coefficient (Wildman–Crippen LogP) is 4.76. The predicted molar refractivity (Wildman–Crippen MR) is 91.7 cm³/mol. The van der Waals surface area contributed by atoms with Crippen LogP contribution in [0.1, 0.15) is 11.4 Å². The Labute approximate surface area is 147 Å². The van der Waals surface area contributed by atoms with Crippen molar-refractivity contribution in [1.82, 2.24) is 14.8 Å². The highest BCUT2D eigenvalue weighted by Crippen LogP contribution is 2.36. The molecular formula is C16H11Cl2N3OS. The van der Waals surface area contributed by atoms with E-state index in [0.717, 1.165) is 33.5 Å². The van der Waals surface area contributed by atoms with E-state index in [2.05, 4.69) is 10.2 Å². The molecule has 0 atom stereocenters. The van der Waals surface area contributed by atoms with Gasteiger partial charge in [0.15, 0.2) is 0 Å². The maximum Gasteiger partial charge on any atom is 0.147 e. The van der Waals surface area contributed by atoms with Gasteiger partial charge in [-0.2, -0.15) is 0 Å². The molecule has 0 bridgehead atoms. The molecule has 1 aromatic heterocycles. The van der Waals surface area contributed by atoms with Crippen molar-refractivity contribution in [1.29, 1.82) is 0 Å². The summed E-state index contributed by atoms with van der Waals surface area (Å²) in [5, 5.41) is 9.30. The van der Waals surface area contributed by atoms with Crippen molar-refractivity contribution in [3.05, 3.63) is 64.2 Å². The summed E-state index contributed by atoms with van der Waals surface area (Å²) in [6, 6.07) is 11.4. The van der Waals surface area contributed by atoms with E-state index in [-0.39, 0.29) is 0 Å². The zero-order valence-electron chi connectivity index (χ0n) is 11.9. The van der Waals surface area contributed by atoms with Crippen LogP contribution in [-0.2, 0) is 12.4 Å². The van der Waals surface area contributed by atoms with Gasteiger partial charge in [-0.3, -0.25) is 4.57 Å². The molecule has 0 unspecified atom stereocenters. The highest BCUT2D eigenvalue weighted by Gasteiger charge is 2.18. The summed E-state index contributed by atoms with van der Waals surface area (Å²) in [6.07, 6.45) is 1.74. The van der Waals surface area contributed by atoms with Gasteiger partial charge in [0.2, 0.25) is 0 Å². The van der Waals surface area contributed by atoms with Gasteiger partial charge in [-0.05, 0) is 30.3 Å². The number of hydrogen-bond acceptors (Lipinski definition) is 4. The number of ether oxygens (including phenoxy) is 1. The summed E-state index contributed by atoms with van der Waals surface area (Å²) < 4.78 is 7.87. The van der Waals surface area contributed by atoms with Crippen LogP contribution in [0.2, 0.25) is 10.0 Å². The number of rotatable bonds is 3. The zero-order valence-corrected chi connectivity index (χ0v) is 14.2. The standard InChI is InChI=1S/C16H11Cl2N3OS/c17-11-2-1-10(13(18)5-11)7-22-12-3-4-14-15(6-12)23-8-16-20-19-9-21(14)16/h1-6,9H,7-8H2. The number of fused-ring (bicyclic) bond motifs is 3. The second-order valence-corrected chi connectivity index (χ2v) is 6.92. The van der Waals surface area contributed by atoms with E-state index in [4.69, 9.17) is 27.9 Å². The normalized spacial score (nSPS) is 12.6. The van der Waals surface area contributed by atoms with E-state index < -0.39 is 0 Å². The number of halogens is 2. The summed E-state index contributed by atoms with van der Waals surface area (Å²) in [5.41, 5.74) is 1.99. The highest BCUT2D eigenvalue weighted by molar-refractivity contribution is 7.98. The molecule has 0 fully saturated rings. The quantitative estimate of drug-likeness (QED) is 0.672. The van der Waals surface area contributed by atoms with Crippen LogP contribution in [0.25, 0.3) is 5.69 Å². The fourth-order valence-corrected chi connectivity index (χ4v) is 3.86. The molecule has 0 spiro atoms. The molecule has 0 aliphatic carbocycles. The Hall–Kier alpha value is -1.69. The van der Waals surface area contributed by atoms with Gasteiger partial charge >= 0.3 is 0 Å². The molecule has 0 N–H and O–H groups in total. The van der Waals surface area contributed by atoms with E-state index in [0.29, 0.717) is 16.7 Å². The number of aromatic nitrogens is 3. The first-order valence-corrected chi connectivity index (χ1v) is 8.68. The average molecular weight is 364 g/mol. The summed E-state index contributed by atoms with van der Waals surface area (Å²) in [4.78, 5) is 1.15. The molecule has 3 aromatic rings. The molecule has 0 radical (unpaired) electrons. The first kappa shape index (κ1) is 14.9. The SMILES string of the molecule is Clc1ccc(COc2ccc3c(c2)SCc2nncn2-3)c(Cl)c1. The molecule has 116 valence electrons. The van der Waals surface area contributed by atoms with Crippen molar-refractivity contribution in [2.45, 2.75) is 17.3 Å². The van der Waals surface area contributed by atoms with Crippen LogP contribution in [0.3, 0.4) is 0 Å². The number of nitrogens with zero attached hydrogens (tertiary/aromatic N) is 3. The fourth-order valence-electron chi connectivity index (χ4n) is 2.40. The summed E-state index contributed by atoms with van der Waals surface area (Å²) in [6.45, 7) is 0.400. The Bertz CT molecular complexity index is 882. The minimum Gasteiger partial charge on any atom is -0.489 e. The van der Waals surface area contributed by atoms with E-state index in [1.54, 1.807) is 24.2 Å². The van der Waals surface area contributed by atoms with E-state index in [1.165, 1.54) is 0 Å². The van der Waals surface area contributed by atoms with Gasteiger partial charge in [0, 0.05) is 20.5 Å². The maximum absolute atomic E-state index is 6.17. The lowest BCUT2D eigenvalue weighted by Gasteiger charge is -2.18. The molecule has 7 heteroatoms. The van der Waals surface area contributed by atoms with Crippen molar-refractivity contribution in [3.63, 3.8) is 0 Å². The van der Waals surface area contributed by atoms with E-state index >= 15 is 0 Å². The number of hydrogen-bond donors (Lipinski definition) is 0. The van der Waals surface area contributed by atoms with Crippen LogP contribution in [0.4, 0.5) is 0 Å². The van der Waals surface area contributed by atoms with Crippen molar-refractivity contribution in [2.75, 3.05) is 0 Å². The lowest BCUT2D eigenvalue weighted by atomic mass is 10.2. The minimum absolute atomic E-state index is 0.400. The van der Waals surface area contributed by atoms with Gasteiger partial charge in [0.05, 0.1) is 11.4 Å². The third-order valence-electron chi connectivity index (χ3n) is 3.58. The molecule has 1 aliphatic heterocycles. The zero-order chi connectivity index (χ0) is 15.8. The molecule has 2 aromatic carbocycles. The first-order chi connectivity index (χ1) is 11.2. The Balaban J connectivity index is 1.55. The smallest absolute Gasteiger partial charge is 0.147 e. The molecule has 4 rings (SSSR count). The third-order valence-corrected chi connectivity index (χ3v) is 5.20. The maximum atomic E-state index is 6.17. The van der Waals surface area contributed by atoms with Gasteiger partial charge in [0.25, 0.3) is 0 Å². The molecule has 0 amide bonds.